The number of nitrogens with one attached hydrogen (secondary N) is 1. The van der Waals surface area contributed by atoms with Crippen LogP contribution in [0.2, 0.25) is 0 Å². The number of thiophene rings is 1. The third-order valence-corrected chi connectivity index (χ3v) is 3.66. The fraction of sp³-hybridized carbons (Fsp3) is 0.400. The molecule has 1 aromatic heterocycles. The van der Waals surface area contributed by atoms with Crippen molar-refractivity contribution in [3.05, 3.63) is 20.8 Å². The molecule has 0 aromatic carbocycles. The van der Waals surface area contributed by atoms with E-state index in [-0.39, 0.29) is 6.42 Å². The molecule has 0 saturated heterocycles. The van der Waals surface area contributed by atoms with E-state index in [1.165, 1.54) is 11.3 Å². The number of hydrogen-bond donors (Lipinski definition) is 2. The molecule has 0 saturated carbocycles. The Labute approximate surface area is 118 Å². The Hall–Kier alpha value is -1.09. The van der Waals surface area contributed by atoms with Gasteiger partial charge in [-0.1, -0.05) is 0 Å². The van der Waals surface area contributed by atoms with Gasteiger partial charge in [-0.25, -0.2) is 4.79 Å². The molecule has 2 N–H and O–H groups in total. The molecule has 1 aromatic rings. The third-order valence-electron chi connectivity index (χ3n) is 2.03. The Balaban J connectivity index is 2.59. The second-order valence-electron chi connectivity index (χ2n) is 3.66. The summed E-state index contributed by atoms with van der Waals surface area (Å²) in [5, 5.41) is 10.5. The molecule has 0 aliphatic carbocycles. The van der Waals surface area contributed by atoms with E-state index in [0.717, 1.165) is 3.79 Å². The van der Waals surface area contributed by atoms with Crippen molar-refractivity contribution >= 4 is 39.1 Å². The van der Waals surface area contributed by atoms with Gasteiger partial charge in [-0.15, -0.1) is 11.3 Å². The normalized spacial score (nSPS) is 13.1. The number of carbonyl (C=O) groups excluding carboxylic acids is 1. The molecule has 106 valence electrons. The third kappa shape index (κ3) is 6.06. The molecular formula is C10H9BrF3NO3S. The maximum absolute atomic E-state index is 12.1. The number of alkyl halides is 3. The molecule has 4 nitrogen and oxygen atoms in total. The zero-order valence-corrected chi connectivity index (χ0v) is 11.7. The maximum Gasteiger partial charge on any atom is 0.391 e. The first kappa shape index (κ1) is 16.0. The van der Waals surface area contributed by atoms with Crippen LogP contribution in [0.4, 0.5) is 13.2 Å². The quantitative estimate of drug-likeness (QED) is 0.848. The van der Waals surface area contributed by atoms with Gasteiger partial charge in [-0.2, -0.15) is 13.2 Å². The van der Waals surface area contributed by atoms with Crippen LogP contribution >= 0.6 is 27.3 Å². The van der Waals surface area contributed by atoms with Crippen molar-refractivity contribution in [2.24, 2.45) is 0 Å². The first-order valence-corrected chi connectivity index (χ1v) is 6.61. The largest absolute Gasteiger partial charge is 0.480 e. The van der Waals surface area contributed by atoms with Crippen LogP contribution in [-0.4, -0.2) is 29.2 Å². The smallest absolute Gasteiger partial charge is 0.391 e. The highest BCUT2D eigenvalue weighted by molar-refractivity contribution is 9.11. The minimum absolute atomic E-state index is 0.155. The highest BCUT2D eigenvalue weighted by Gasteiger charge is 2.36. The Kier molecular flexibility index (Phi) is 5.36. The van der Waals surface area contributed by atoms with Gasteiger partial charge in [0.05, 0.1) is 16.6 Å². The minimum Gasteiger partial charge on any atom is -0.480 e. The lowest BCUT2D eigenvalue weighted by molar-refractivity contribution is -0.159. The van der Waals surface area contributed by atoms with Gasteiger partial charge in [0.25, 0.3) is 0 Å². The van der Waals surface area contributed by atoms with Gasteiger partial charge in [0.1, 0.15) is 6.04 Å². The van der Waals surface area contributed by atoms with E-state index in [2.05, 4.69) is 15.9 Å². The highest BCUT2D eigenvalue weighted by atomic mass is 79.9. The standard InChI is InChI=1S/C10H9BrF3NO3S/c11-7-2-1-5(19-7)3-8(16)15-6(9(17)18)4-10(12,13)14/h1-2,6H,3-4H2,(H,15,16)(H,17,18). The average molecular weight is 360 g/mol. The number of carboxylic acid groups (broad SMARTS) is 1. The molecule has 0 radical (unpaired) electrons. The maximum atomic E-state index is 12.1. The van der Waals surface area contributed by atoms with Crippen molar-refractivity contribution in [1.82, 2.24) is 5.32 Å². The molecule has 1 rings (SSSR count). The number of carboxylic acids is 1. The molecule has 0 bridgehead atoms. The van der Waals surface area contributed by atoms with Gasteiger partial charge >= 0.3 is 12.1 Å². The minimum atomic E-state index is -4.65. The molecular weight excluding hydrogens is 351 g/mol. The molecule has 0 aliphatic heterocycles. The molecule has 1 atom stereocenters. The summed E-state index contributed by atoms with van der Waals surface area (Å²) >= 11 is 4.43. The first-order valence-electron chi connectivity index (χ1n) is 5.00. The lowest BCUT2D eigenvalue weighted by atomic mass is 10.2. The van der Waals surface area contributed by atoms with Crippen LogP contribution in [0.15, 0.2) is 15.9 Å². The van der Waals surface area contributed by atoms with Crippen molar-refractivity contribution in [3.8, 4) is 0 Å². The van der Waals surface area contributed by atoms with Gasteiger partial charge in [-0.05, 0) is 28.1 Å². The Bertz CT molecular complexity index is 475. The van der Waals surface area contributed by atoms with Crippen LogP contribution in [0.5, 0.6) is 0 Å². The summed E-state index contributed by atoms with van der Waals surface area (Å²) in [5.74, 6) is -2.47. The van der Waals surface area contributed by atoms with E-state index in [1.54, 1.807) is 12.1 Å². The van der Waals surface area contributed by atoms with Crippen molar-refractivity contribution < 1.29 is 27.9 Å². The zero-order chi connectivity index (χ0) is 14.6. The van der Waals surface area contributed by atoms with Crippen molar-refractivity contribution in [1.29, 1.82) is 0 Å². The van der Waals surface area contributed by atoms with Gasteiger partial charge in [0.15, 0.2) is 0 Å². The second kappa shape index (κ2) is 6.38. The topological polar surface area (TPSA) is 66.4 Å². The number of hydrogen-bond acceptors (Lipinski definition) is 3. The fourth-order valence-corrected chi connectivity index (χ4v) is 2.76. The van der Waals surface area contributed by atoms with Crippen LogP contribution < -0.4 is 5.32 Å². The highest BCUT2D eigenvalue weighted by Crippen LogP contribution is 2.23. The zero-order valence-electron chi connectivity index (χ0n) is 9.33. The van der Waals surface area contributed by atoms with E-state index < -0.39 is 30.5 Å². The Morgan fingerprint density at radius 3 is 2.47 bits per heavy atom. The molecule has 0 aliphatic rings. The fourth-order valence-electron chi connectivity index (χ4n) is 1.28. The lowest BCUT2D eigenvalue weighted by Crippen LogP contribution is -2.44. The van der Waals surface area contributed by atoms with Crippen LogP contribution in [-0.2, 0) is 16.0 Å². The summed E-state index contributed by atoms with van der Waals surface area (Å²) in [6.45, 7) is 0. The summed E-state index contributed by atoms with van der Waals surface area (Å²) in [6, 6.07) is 1.36. The predicted octanol–water partition coefficient (Wildman–Crippen LogP) is 2.57. The van der Waals surface area contributed by atoms with Gasteiger partial charge in [0.2, 0.25) is 5.91 Å². The number of aliphatic carboxylic acids is 1. The monoisotopic (exact) mass is 359 g/mol. The molecule has 1 amide bonds. The summed E-state index contributed by atoms with van der Waals surface area (Å²) < 4.78 is 37.2. The number of carbonyl (C=O) groups is 2. The van der Waals surface area contributed by atoms with Crippen LogP contribution in [0.1, 0.15) is 11.3 Å². The van der Waals surface area contributed by atoms with Gasteiger partial charge in [0, 0.05) is 4.88 Å². The van der Waals surface area contributed by atoms with Crippen LogP contribution in [0.25, 0.3) is 0 Å². The molecule has 0 spiro atoms. The molecule has 9 heteroatoms. The summed E-state index contributed by atoms with van der Waals surface area (Å²) in [4.78, 5) is 22.7. The van der Waals surface area contributed by atoms with E-state index in [9.17, 15) is 22.8 Å². The SMILES string of the molecule is O=C(Cc1ccc(Br)s1)NC(CC(F)(F)F)C(=O)O. The number of rotatable bonds is 5. The first-order chi connectivity index (χ1) is 8.67. The number of amides is 1. The summed E-state index contributed by atoms with van der Waals surface area (Å²) in [6.07, 6.45) is -6.40. The molecule has 19 heavy (non-hydrogen) atoms. The second-order valence-corrected chi connectivity index (χ2v) is 6.21. The molecule has 0 fully saturated rings. The van der Waals surface area contributed by atoms with Crippen LogP contribution in [0, 0.1) is 0 Å². The van der Waals surface area contributed by atoms with Gasteiger partial charge < -0.3 is 10.4 Å². The Morgan fingerprint density at radius 1 is 1.42 bits per heavy atom. The lowest BCUT2D eigenvalue weighted by Gasteiger charge is -2.15. The van der Waals surface area contributed by atoms with Crippen molar-refractivity contribution in [2.75, 3.05) is 0 Å². The van der Waals surface area contributed by atoms with Gasteiger partial charge in [-0.3, -0.25) is 4.79 Å². The van der Waals surface area contributed by atoms with Crippen molar-refractivity contribution in [2.45, 2.75) is 25.1 Å². The van der Waals surface area contributed by atoms with E-state index in [0.29, 0.717) is 4.88 Å². The summed E-state index contributed by atoms with van der Waals surface area (Å²) in [7, 11) is 0. The predicted molar refractivity (Wildman–Crippen MR) is 66.0 cm³/mol. The van der Waals surface area contributed by atoms with E-state index in [1.807, 2.05) is 5.32 Å². The summed E-state index contributed by atoms with van der Waals surface area (Å²) in [5.41, 5.74) is 0. The number of halogens is 4. The molecule has 1 unspecified atom stereocenters. The van der Waals surface area contributed by atoms with Crippen LogP contribution in [0.3, 0.4) is 0 Å². The average Bonchev–Trinajstić information content (AvgIpc) is 2.60. The van der Waals surface area contributed by atoms with E-state index >= 15 is 0 Å². The van der Waals surface area contributed by atoms with Crippen molar-refractivity contribution in [3.63, 3.8) is 0 Å². The van der Waals surface area contributed by atoms with E-state index in [4.69, 9.17) is 5.11 Å². The molecule has 1 heterocycles. The Morgan fingerprint density at radius 2 is 2.05 bits per heavy atom.